The molecule has 0 spiro atoms. The lowest BCUT2D eigenvalue weighted by Gasteiger charge is -2.07. The summed E-state index contributed by atoms with van der Waals surface area (Å²) >= 11 is 0. The highest BCUT2D eigenvalue weighted by Crippen LogP contribution is 2.22. The van der Waals surface area contributed by atoms with Gasteiger partial charge in [-0.2, -0.15) is 5.10 Å². The zero-order valence-corrected chi connectivity index (χ0v) is 12.5. The van der Waals surface area contributed by atoms with Crippen LogP contribution in [0.3, 0.4) is 0 Å². The van der Waals surface area contributed by atoms with Crippen molar-refractivity contribution in [3.8, 4) is 5.69 Å². The minimum atomic E-state index is 0.616. The van der Waals surface area contributed by atoms with E-state index >= 15 is 0 Å². The van der Waals surface area contributed by atoms with Crippen LogP contribution in [0, 0.1) is 6.92 Å². The predicted octanol–water partition coefficient (Wildman–Crippen LogP) is 3.26. The van der Waals surface area contributed by atoms with Gasteiger partial charge in [-0.05, 0) is 31.2 Å². The summed E-state index contributed by atoms with van der Waals surface area (Å²) in [6.07, 6.45) is 5.09. The molecule has 3 aromatic heterocycles. The van der Waals surface area contributed by atoms with Gasteiger partial charge in [0.1, 0.15) is 11.3 Å². The van der Waals surface area contributed by atoms with Gasteiger partial charge in [0.05, 0.1) is 23.3 Å². The minimum absolute atomic E-state index is 0.616. The summed E-state index contributed by atoms with van der Waals surface area (Å²) in [5, 5.41) is 7.74. The third-order valence-corrected chi connectivity index (χ3v) is 3.60. The van der Waals surface area contributed by atoms with Gasteiger partial charge in [-0.1, -0.05) is 18.2 Å². The van der Waals surface area contributed by atoms with E-state index in [1.807, 2.05) is 54.1 Å². The van der Waals surface area contributed by atoms with Crippen LogP contribution in [0.1, 0.15) is 5.69 Å². The average Bonchev–Trinajstić information content (AvgIpc) is 2.96. The lowest BCUT2D eigenvalue weighted by atomic mass is 10.3. The molecule has 0 unspecified atom stereocenters. The molecule has 23 heavy (non-hydrogen) atoms. The Labute approximate surface area is 132 Å². The first-order chi connectivity index (χ1) is 11.3. The van der Waals surface area contributed by atoms with E-state index in [1.54, 1.807) is 18.6 Å². The number of hydrogen-bond donors (Lipinski definition) is 1. The van der Waals surface area contributed by atoms with Crippen LogP contribution < -0.4 is 5.32 Å². The smallest absolute Gasteiger partial charge is 0.180 e. The normalized spacial score (nSPS) is 10.8. The van der Waals surface area contributed by atoms with Crippen molar-refractivity contribution in [1.82, 2.24) is 24.7 Å². The summed E-state index contributed by atoms with van der Waals surface area (Å²) in [5.41, 5.74) is 4.33. The number of hydrogen-bond acceptors (Lipinski definition) is 5. The molecule has 3 heterocycles. The van der Waals surface area contributed by atoms with Crippen molar-refractivity contribution in [2.75, 3.05) is 5.32 Å². The van der Waals surface area contributed by atoms with Gasteiger partial charge in [-0.15, -0.1) is 0 Å². The van der Waals surface area contributed by atoms with Crippen molar-refractivity contribution < 1.29 is 0 Å². The quantitative estimate of drug-likeness (QED) is 0.629. The van der Waals surface area contributed by atoms with Gasteiger partial charge in [0.15, 0.2) is 5.65 Å². The highest BCUT2D eigenvalue weighted by Gasteiger charge is 2.09. The molecule has 1 N–H and O–H groups in total. The molecule has 6 heteroatoms. The maximum absolute atomic E-state index is 4.47. The maximum Gasteiger partial charge on any atom is 0.180 e. The molecule has 0 bridgehead atoms. The zero-order chi connectivity index (χ0) is 15.6. The molecule has 0 saturated heterocycles. The molecule has 1 aromatic carbocycles. The second kappa shape index (κ2) is 5.49. The number of nitrogens with zero attached hydrogens (tertiary/aromatic N) is 5. The zero-order valence-electron chi connectivity index (χ0n) is 12.5. The molecule has 0 aliphatic rings. The molecule has 0 aliphatic heterocycles. The van der Waals surface area contributed by atoms with Crippen molar-refractivity contribution >= 4 is 22.7 Å². The molecular weight excluding hydrogens is 288 g/mol. The first-order valence-electron chi connectivity index (χ1n) is 7.26. The Balaban J connectivity index is 1.67. The van der Waals surface area contributed by atoms with Crippen LogP contribution in [-0.4, -0.2) is 24.7 Å². The molecule has 0 atom stereocenters. The second-order valence-electron chi connectivity index (χ2n) is 5.11. The second-order valence-corrected chi connectivity index (χ2v) is 5.11. The largest absolute Gasteiger partial charge is 0.337 e. The number of aromatic nitrogens is 5. The fourth-order valence-electron chi connectivity index (χ4n) is 2.42. The SMILES string of the molecule is Cc1c(Nc2ccc3nccnc3n2)cnn1-c1ccccc1. The van der Waals surface area contributed by atoms with Crippen LogP contribution >= 0.6 is 0 Å². The first-order valence-corrected chi connectivity index (χ1v) is 7.26. The third-order valence-electron chi connectivity index (χ3n) is 3.60. The number of anilines is 2. The molecule has 0 radical (unpaired) electrons. The van der Waals surface area contributed by atoms with E-state index in [-0.39, 0.29) is 0 Å². The fourth-order valence-corrected chi connectivity index (χ4v) is 2.42. The van der Waals surface area contributed by atoms with Crippen LogP contribution in [-0.2, 0) is 0 Å². The molecule has 4 aromatic rings. The van der Waals surface area contributed by atoms with Gasteiger partial charge in [-0.25, -0.2) is 14.6 Å². The van der Waals surface area contributed by atoms with Crippen LogP contribution in [0.2, 0.25) is 0 Å². The highest BCUT2D eigenvalue weighted by molar-refractivity contribution is 5.73. The van der Waals surface area contributed by atoms with Gasteiger partial charge >= 0.3 is 0 Å². The summed E-state index contributed by atoms with van der Waals surface area (Å²) in [4.78, 5) is 12.9. The molecule has 6 nitrogen and oxygen atoms in total. The number of rotatable bonds is 3. The van der Waals surface area contributed by atoms with Gasteiger partial charge in [-0.3, -0.25) is 4.98 Å². The lowest BCUT2D eigenvalue weighted by molar-refractivity contribution is 0.847. The van der Waals surface area contributed by atoms with E-state index in [4.69, 9.17) is 0 Å². The van der Waals surface area contributed by atoms with Gasteiger partial charge < -0.3 is 5.32 Å². The van der Waals surface area contributed by atoms with Crippen LogP contribution in [0.15, 0.2) is 61.1 Å². The monoisotopic (exact) mass is 302 g/mol. The van der Waals surface area contributed by atoms with Crippen molar-refractivity contribution in [3.63, 3.8) is 0 Å². The molecular formula is C17H14N6. The van der Waals surface area contributed by atoms with Crippen LogP contribution in [0.4, 0.5) is 11.5 Å². The Morgan fingerprint density at radius 3 is 2.65 bits per heavy atom. The Morgan fingerprint density at radius 1 is 0.957 bits per heavy atom. The predicted molar refractivity (Wildman–Crippen MR) is 88.9 cm³/mol. The number of pyridine rings is 1. The summed E-state index contributed by atoms with van der Waals surface area (Å²) in [6.45, 7) is 2.02. The van der Waals surface area contributed by atoms with Gasteiger partial charge in [0, 0.05) is 12.4 Å². The standard InChI is InChI=1S/C17H14N6/c1-12-15(11-20-23(12)13-5-3-2-4-6-13)21-16-8-7-14-17(22-16)19-10-9-18-14/h2-11H,1H3,(H,19,21,22). The van der Waals surface area contributed by atoms with E-state index in [1.165, 1.54) is 0 Å². The Morgan fingerprint density at radius 2 is 1.78 bits per heavy atom. The summed E-state index contributed by atoms with van der Waals surface area (Å²) in [5.74, 6) is 0.716. The molecule has 0 fully saturated rings. The maximum atomic E-state index is 4.47. The minimum Gasteiger partial charge on any atom is -0.337 e. The molecule has 0 aliphatic carbocycles. The molecule has 4 rings (SSSR count). The first kappa shape index (κ1) is 13.4. The number of nitrogens with one attached hydrogen (secondary N) is 1. The number of benzene rings is 1. The van der Waals surface area contributed by atoms with Crippen molar-refractivity contribution in [2.24, 2.45) is 0 Å². The van der Waals surface area contributed by atoms with Crippen LogP contribution in [0.5, 0.6) is 0 Å². The van der Waals surface area contributed by atoms with Gasteiger partial charge in [0.2, 0.25) is 0 Å². The summed E-state index contributed by atoms with van der Waals surface area (Å²) in [6, 6.07) is 13.8. The summed E-state index contributed by atoms with van der Waals surface area (Å²) < 4.78 is 1.89. The fraction of sp³-hybridized carbons (Fsp3) is 0.0588. The third kappa shape index (κ3) is 2.50. The van der Waals surface area contributed by atoms with E-state index in [2.05, 4.69) is 25.4 Å². The van der Waals surface area contributed by atoms with Gasteiger partial charge in [0.25, 0.3) is 0 Å². The summed E-state index contributed by atoms with van der Waals surface area (Å²) in [7, 11) is 0. The Bertz CT molecular complexity index is 961. The average molecular weight is 302 g/mol. The lowest BCUT2D eigenvalue weighted by Crippen LogP contribution is -2.00. The Hall–Kier alpha value is -3.28. The van der Waals surface area contributed by atoms with Crippen molar-refractivity contribution in [3.05, 3.63) is 66.7 Å². The highest BCUT2D eigenvalue weighted by atomic mass is 15.3. The van der Waals surface area contributed by atoms with E-state index in [0.717, 1.165) is 22.6 Å². The Kier molecular flexibility index (Phi) is 3.20. The van der Waals surface area contributed by atoms with E-state index in [0.29, 0.717) is 11.5 Å². The van der Waals surface area contributed by atoms with Crippen molar-refractivity contribution in [1.29, 1.82) is 0 Å². The molecule has 112 valence electrons. The van der Waals surface area contributed by atoms with Crippen LogP contribution in [0.25, 0.3) is 16.9 Å². The number of para-hydroxylation sites is 1. The number of fused-ring (bicyclic) bond motifs is 1. The van der Waals surface area contributed by atoms with Crippen molar-refractivity contribution in [2.45, 2.75) is 6.92 Å². The molecule has 0 amide bonds. The topological polar surface area (TPSA) is 68.5 Å². The molecule has 0 saturated carbocycles. The van der Waals surface area contributed by atoms with E-state index in [9.17, 15) is 0 Å². The van der Waals surface area contributed by atoms with E-state index < -0.39 is 0 Å².